The lowest BCUT2D eigenvalue weighted by molar-refractivity contribution is -0.190. The van der Waals surface area contributed by atoms with Crippen molar-refractivity contribution in [3.05, 3.63) is 34.4 Å². The Bertz CT molecular complexity index is 469. The van der Waals surface area contributed by atoms with Gasteiger partial charge < -0.3 is 9.47 Å². The van der Waals surface area contributed by atoms with Gasteiger partial charge in [0.25, 0.3) is 0 Å². The molecule has 20 heavy (non-hydrogen) atoms. The number of nitrogens with zero attached hydrogens (tertiary/aromatic N) is 1. The number of likely N-dealkylation sites (tertiary alicyclic amines) is 1. The van der Waals surface area contributed by atoms with Crippen molar-refractivity contribution in [2.45, 2.75) is 45.9 Å². The molecule has 2 aliphatic rings. The zero-order valence-electron chi connectivity index (χ0n) is 12.9. The van der Waals surface area contributed by atoms with Gasteiger partial charge in [0.2, 0.25) is 0 Å². The van der Waals surface area contributed by atoms with Gasteiger partial charge in [0, 0.05) is 13.0 Å². The summed E-state index contributed by atoms with van der Waals surface area (Å²) in [7, 11) is 0. The minimum absolute atomic E-state index is 0.315. The Labute approximate surface area is 121 Å². The highest BCUT2D eigenvalue weighted by molar-refractivity contribution is 5.37. The van der Waals surface area contributed by atoms with Gasteiger partial charge in [0.1, 0.15) is 0 Å². The third kappa shape index (κ3) is 2.76. The van der Waals surface area contributed by atoms with E-state index < -0.39 is 0 Å². The first-order valence-corrected chi connectivity index (χ1v) is 7.65. The van der Waals surface area contributed by atoms with Crippen LogP contribution in [-0.4, -0.2) is 37.0 Å². The quantitative estimate of drug-likeness (QED) is 0.828. The lowest BCUT2D eigenvalue weighted by Gasteiger charge is -2.39. The van der Waals surface area contributed by atoms with Crippen molar-refractivity contribution in [3.63, 3.8) is 0 Å². The van der Waals surface area contributed by atoms with Crippen LogP contribution in [0.1, 0.15) is 35.1 Å². The van der Waals surface area contributed by atoms with Crippen molar-refractivity contribution in [2.75, 3.05) is 26.3 Å². The lowest BCUT2D eigenvalue weighted by Crippen LogP contribution is -2.48. The van der Waals surface area contributed by atoms with Gasteiger partial charge in [-0.1, -0.05) is 17.7 Å². The van der Waals surface area contributed by atoms with Gasteiger partial charge in [0.15, 0.2) is 5.79 Å². The Balaban J connectivity index is 1.74. The van der Waals surface area contributed by atoms with Gasteiger partial charge in [-0.15, -0.1) is 0 Å². The number of hydrogen-bond acceptors (Lipinski definition) is 3. The van der Waals surface area contributed by atoms with E-state index in [0.717, 1.165) is 45.7 Å². The number of hydrogen-bond donors (Lipinski definition) is 0. The van der Waals surface area contributed by atoms with Crippen LogP contribution < -0.4 is 0 Å². The second-order valence-electron chi connectivity index (χ2n) is 6.30. The molecule has 3 heteroatoms. The first kappa shape index (κ1) is 14.1. The summed E-state index contributed by atoms with van der Waals surface area (Å²) in [6.07, 6.45) is 2.19. The predicted octanol–water partition coefficient (Wildman–Crippen LogP) is 2.95. The van der Waals surface area contributed by atoms with E-state index in [4.69, 9.17) is 9.47 Å². The molecule has 1 spiro atoms. The van der Waals surface area contributed by atoms with Crippen molar-refractivity contribution >= 4 is 0 Å². The minimum atomic E-state index is -0.315. The SMILES string of the molecule is Cc1cc(C)c(CN2CCCC3(C2)OCCO3)c(C)c1. The summed E-state index contributed by atoms with van der Waals surface area (Å²) >= 11 is 0. The third-order valence-corrected chi connectivity index (χ3v) is 4.53. The van der Waals surface area contributed by atoms with E-state index in [1.807, 2.05) is 0 Å². The molecular weight excluding hydrogens is 250 g/mol. The fourth-order valence-electron chi connectivity index (χ4n) is 3.62. The number of rotatable bonds is 2. The maximum Gasteiger partial charge on any atom is 0.181 e. The van der Waals surface area contributed by atoms with Crippen molar-refractivity contribution in [1.82, 2.24) is 4.90 Å². The molecule has 2 heterocycles. The second kappa shape index (κ2) is 5.47. The highest BCUT2D eigenvalue weighted by Gasteiger charge is 2.40. The molecule has 0 bridgehead atoms. The Morgan fingerprint density at radius 1 is 1.10 bits per heavy atom. The second-order valence-corrected chi connectivity index (χ2v) is 6.30. The van der Waals surface area contributed by atoms with Gasteiger partial charge in [0.05, 0.1) is 19.8 Å². The zero-order chi connectivity index (χ0) is 14.2. The van der Waals surface area contributed by atoms with Crippen molar-refractivity contribution in [1.29, 1.82) is 0 Å². The van der Waals surface area contributed by atoms with Crippen LogP contribution >= 0.6 is 0 Å². The number of ether oxygens (including phenoxy) is 2. The van der Waals surface area contributed by atoms with E-state index >= 15 is 0 Å². The van der Waals surface area contributed by atoms with Crippen molar-refractivity contribution in [3.8, 4) is 0 Å². The van der Waals surface area contributed by atoms with Gasteiger partial charge in [-0.25, -0.2) is 0 Å². The molecule has 110 valence electrons. The van der Waals surface area contributed by atoms with Crippen LogP contribution in [0, 0.1) is 20.8 Å². The lowest BCUT2D eigenvalue weighted by atomic mass is 9.97. The van der Waals surface area contributed by atoms with Gasteiger partial charge in [-0.2, -0.15) is 0 Å². The van der Waals surface area contributed by atoms with Crippen LogP contribution in [0.5, 0.6) is 0 Å². The molecule has 0 unspecified atom stereocenters. The monoisotopic (exact) mass is 275 g/mol. The highest BCUT2D eigenvalue weighted by atomic mass is 16.7. The Hall–Kier alpha value is -0.900. The Morgan fingerprint density at radius 3 is 2.40 bits per heavy atom. The smallest absolute Gasteiger partial charge is 0.181 e. The molecule has 0 atom stereocenters. The maximum absolute atomic E-state index is 5.87. The van der Waals surface area contributed by atoms with Crippen LogP contribution in [0.4, 0.5) is 0 Å². The summed E-state index contributed by atoms with van der Waals surface area (Å²) in [5, 5.41) is 0. The van der Waals surface area contributed by atoms with Gasteiger partial charge in [-0.3, -0.25) is 4.90 Å². The highest BCUT2D eigenvalue weighted by Crippen LogP contribution is 2.31. The van der Waals surface area contributed by atoms with Gasteiger partial charge in [-0.05, 0) is 50.4 Å². The number of aryl methyl sites for hydroxylation is 3. The molecule has 3 rings (SSSR count). The Morgan fingerprint density at radius 2 is 1.75 bits per heavy atom. The minimum Gasteiger partial charge on any atom is -0.346 e. The standard InChI is InChI=1S/C17H25NO2/c1-13-9-14(2)16(15(3)10-13)11-18-6-4-5-17(12-18)19-7-8-20-17/h9-10H,4-8,11-12H2,1-3H3. The summed E-state index contributed by atoms with van der Waals surface area (Å²) in [5.74, 6) is -0.315. The van der Waals surface area contributed by atoms with Crippen molar-refractivity contribution in [2.24, 2.45) is 0 Å². The normalized spacial score (nSPS) is 22.6. The molecule has 0 N–H and O–H groups in total. The van der Waals surface area contributed by atoms with Crippen LogP contribution in [0.2, 0.25) is 0 Å². The molecule has 0 radical (unpaired) electrons. The predicted molar refractivity (Wildman–Crippen MR) is 79.8 cm³/mol. The summed E-state index contributed by atoms with van der Waals surface area (Å²) < 4.78 is 11.7. The molecule has 0 aliphatic carbocycles. The van der Waals surface area contributed by atoms with E-state index in [2.05, 4.69) is 37.8 Å². The summed E-state index contributed by atoms with van der Waals surface area (Å²) in [5.41, 5.74) is 5.61. The molecule has 0 aromatic heterocycles. The van der Waals surface area contributed by atoms with Crippen LogP contribution in [0.3, 0.4) is 0 Å². The maximum atomic E-state index is 5.87. The average Bonchev–Trinajstić information content (AvgIpc) is 2.82. The molecule has 1 aromatic rings. The first-order chi connectivity index (χ1) is 9.58. The van der Waals surface area contributed by atoms with E-state index in [9.17, 15) is 0 Å². The van der Waals surface area contributed by atoms with E-state index in [1.54, 1.807) is 0 Å². The Kier molecular flexibility index (Phi) is 3.85. The summed E-state index contributed by atoms with van der Waals surface area (Å²) in [6, 6.07) is 4.56. The van der Waals surface area contributed by atoms with E-state index in [1.165, 1.54) is 22.3 Å². The van der Waals surface area contributed by atoms with E-state index in [-0.39, 0.29) is 5.79 Å². The molecule has 1 aromatic carbocycles. The van der Waals surface area contributed by atoms with E-state index in [0.29, 0.717) is 0 Å². The first-order valence-electron chi connectivity index (χ1n) is 7.65. The summed E-state index contributed by atoms with van der Waals surface area (Å²) in [6.45, 7) is 11.1. The average molecular weight is 275 g/mol. The molecule has 3 nitrogen and oxygen atoms in total. The fourth-order valence-corrected chi connectivity index (χ4v) is 3.62. The number of benzene rings is 1. The third-order valence-electron chi connectivity index (χ3n) is 4.53. The molecule has 0 saturated carbocycles. The molecular formula is C17H25NO2. The summed E-state index contributed by atoms with van der Waals surface area (Å²) in [4.78, 5) is 2.49. The molecule has 2 saturated heterocycles. The van der Waals surface area contributed by atoms with Crippen LogP contribution in [-0.2, 0) is 16.0 Å². The van der Waals surface area contributed by atoms with Crippen LogP contribution in [0.15, 0.2) is 12.1 Å². The van der Waals surface area contributed by atoms with Crippen molar-refractivity contribution < 1.29 is 9.47 Å². The zero-order valence-corrected chi connectivity index (χ0v) is 12.9. The van der Waals surface area contributed by atoms with Gasteiger partial charge >= 0.3 is 0 Å². The largest absolute Gasteiger partial charge is 0.346 e. The molecule has 2 fully saturated rings. The fraction of sp³-hybridized carbons (Fsp3) is 0.647. The molecule has 0 amide bonds. The topological polar surface area (TPSA) is 21.7 Å². The number of piperidine rings is 1. The molecule has 2 aliphatic heterocycles. The van der Waals surface area contributed by atoms with Crippen LogP contribution in [0.25, 0.3) is 0 Å².